The van der Waals surface area contributed by atoms with Crippen molar-refractivity contribution in [1.29, 1.82) is 0 Å². The molecule has 0 aliphatic rings. The Morgan fingerprint density at radius 3 is 2.57 bits per heavy atom. The van der Waals surface area contributed by atoms with Crippen molar-refractivity contribution in [3.63, 3.8) is 0 Å². The molecular formula is C15H21N3O3. The van der Waals surface area contributed by atoms with E-state index in [0.717, 1.165) is 18.5 Å². The Morgan fingerprint density at radius 2 is 1.86 bits per heavy atom. The highest BCUT2D eigenvalue weighted by Crippen LogP contribution is 2.28. The number of benzene rings is 1. The Kier molecular flexibility index (Phi) is 5.57. The quantitative estimate of drug-likeness (QED) is 0.752. The van der Waals surface area contributed by atoms with Gasteiger partial charge in [0.15, 0.2) is 11.5 Å². The van der Waals surface area contributed by atoms with Crippen molar-refractivity contribution in [3.8, 4) is 11.5 Å². The molecule has 0 saturated heterocycles. The van der Waals surface area contributed by atoms with E-state index in [2.05, 4.69) is 22.4 Å². The lowest BCUT2D eigenvalue weighted by Gasteiger charge is -2.08. The first-order valence-corrected chi connectivity index (χ1v) is 6.99. The molecule has 2 rings (SSSR count). The molecule has 0 bridgehead atoms. The number of ether oxygens (including phenoxy) is 2. The van der Waals surface area contributed by atoms with Gasteiger partial charge in [0.05, 0.1) is 27.2 Å². The SMILES string of the molecule is CCCNCc1nnc(Cc2ccc(OC)c(OC)c2)o1. The largest absolute Gasteiger partial charge is 0.493 e. The Balaban J connectivity index is 2.01. The van der Waals surface area contributed by atoms with Gasteiger partial charge in [-0.15, -0.1) is 10.2 Å². The van der Waals surface area contributed by atoms with Crippen LogP contribution in [0.2, 0.25) is 0 Å². The lowest BCUT2D eigenvalue weighted by atomic mass is 10.1. The second-order valence-electron chi connectivity index (χ2n) is 4.63. The van der Waals surface area contributed by atoms with Crippen molar-refractivity contribution in [2.75, 3.05) is 20.8 Å². The summed E-state index contributed by atoms with van der Waals surface area (Å²) in [7, 11) is 3.23. The summed E-state index contributed by atoms with van der Waals surface area (Å²) in [6.07, 6.45) is 1.65. The van der Waals surface area contributed by atoms with E-state index in [-0.39, 0.29) is 0 Å². The van der Waals surface area contributed by atoms with Gasteiger partial charge in [0.25, 0.3) is 0 Å². The molecule has 0 radical (unpaired) electrons. The number of rotatable bonds is 8. The van der Waals surface area contributed by atoms with Crippen LogP contribution in [0.4, 0.5) is 0 Å². The van der Waals surface area contributed by atoms with Crippen LogP contribution >= 0.6 is 0 Å². The van der Waals surface area contributed by atoms with Gasteiger partial charge >= 0.3 is 0 Å². The highest BCUT2D eigenvalue weighted by Gasteiger charge is 2.09. The van der Waals surface area contributed by atoms with E-state index >= 15 is 0 Å². The minimum Gasteiger partial charge on any atom is -0.493 e. The fourth-order valence-electron chi connectivity index (χ4n) is 1.97. The summed E-state index contributed by atoms with van der Waals surface area (Å²) in [5.74, 6) is 2.60. The standard InChI is InChI=1S/C15H21N3O3/c1-4-7-16-10-15-18-17-14(21-15)9-11-5-6-12(19-2)13(8-11)20-3/h5-6,8,16H,4,7,9-10H2,1-3H3. The monoisotopic (exact) mass is 291 g/mol. The number of methoxy groups -OCH3 is 2. The number of nitrogens with zero attached hydrogens (tertiary/aromatic N) is 2. The van der Waals surface area contributed by atoms with Gasteiger partial charge in [-0.05, 0) is 30.7 Å². The van der Waals surface area contributed by atoms with E-state index in [1.54, 1.807) is 14.2 Å². The first kappa shape index (κ1) is 15.3. The smallest absolute Gasteiger partial charge is 0.230 e. The van der Waals surface area contributed by atoms with Crippen LogP contribution in [-0.4, -0.2) is 31.0 Å². The normalized spacial score (nSPS) is 10.6. The topological polar surface area (TPSA) is 69.4 Å². The number of hydrogen-bond donors (Lipinski definition) is 1. The van der Waals surface area contributed by atoms with Crippen molar-refractivity contribution in [1.82, 2.24) is 15.5 Å². The minimum absolute atomic E-state index is 0.571. The average molecular weight is 291 g/mol. The van der Waals surface area contributed by atoms with Crippen LogP contribution in [0.15, 0.2) is 22.6 Å². The zero-order valence-corrected chi connectivity index (χ0v) is 12.7. The molecule has 0 saturated carbocycles. The van der Waals surface area contributed by atoms with E-state index in [0.29, 0.717) is 36.2 Å². The highest BCUT2D eigenvalue weighted by molar-refractivity contribution is 5.43. The maximum absolute atomic E-state index is 5.61. The molecule has 0 spiro atoms. The molecule has 0 aliphatic carbocycles. The molecule has 6 heteroatoms. The van der Waals surface area contributed by atoms with Gasteiger partial charge in [0.2, 0.25) is 11.8 Å². The second-order valence-corrected chi connectivity index (χ2v) is 4.63. The van der Waals surface area contributed by atoms with Crippen LogP contribution in [-0.2, 0) is 13.0 Å². The summed E-state index contributed by atoms with van der Waals surface area (Å²) >= 11 is 0. The summed E-state index contributed by atoms with van der Waals surface area (Å²) < 4.78 is 16.1. The van der Waals surface area contributed by atoms with Crippen molar-refractivity contribution in [2.24, 2.45) is 0 Å². The van der Waals surface area contributed by atoms with Crippen LogP contribution in [0.1, 0.15) is 30.7 Å². The molecule has 1 N–H and O–H groups in total. The number of hydrogen-bond acceptors (Lipinski definition) is 6. The van der Waals surface area contributed by atoms with Crippen LogP contribution in [0.5, 0.6) is 11.5 Å². The maximum atomic E-state index is 5.61. The summed E-state index contributed by atoms with van der Waals surface area (Å²) in [6.45, 7) is 3.66. The molecule has 21 heavy (non-hydrogen) atoms. The Morgan fingerprint density at radius 1 is 1.10 bits per heavy atom. The van der Waals surface area contributed by atoms with Crippen LogP contribution < -0.4 is 14.8 Å². The Labute approximate surface area is 124 Å². The fourth-order valence-corrected chi connectivity index (χ4v) is 1.97. The minimum atomic E-state index is 0.571. The van der Waals surface area contributed by atoms with E-state index in [1.165, 1.54) is 0 Å². The molecule has 2 aromatic rings. The Hall–Kier alpha value is -2.08. The predicted molar refractivity (Wildman–Crippen MR) is 78.6 cm³/mol. The molecule has 6 nitrogen and oxygen atoms in total. The van der Waals surface area contributed by atoms with Crippen LogP contribution in [0.25, 0.3) is 0 Å². The van der Waals surface area contributed by atoms with Crippen molar-refractivity contribution >= 4 is 0 Å². The predicted octanol–water partition coefficient (Wildman–Crippen LogP) is 2.18. The third-order valence-corrected chi connectivity index (χ3v) is 3.01. The molecule has 1 aromatic heterocycles. The average Bonchev–Trinajstić information content (AvgIpc) is 2.95. The van der Waals surface area contributed by atoms with E-state index < -0.39 is 0 Å². The zero-order valence-electron chi connectivity index (χ0n) is 12.7. The molecule has 1 aromatic carbocycles. The molecule has 0 atom stereocenters. The third kappa shape index (κ3) is 4.19. The second kappa shape index (κ2) is 7.64. The van der Waals surface area contributed by atoms with E-state index in [4.69, 9.17) is 13.9 Å². The van der Waals surface area contributed by atoms with Gasteiger partial charge < -0.3 is 19.2 Å². The molecule has 1 heterocycles. The summed E-state index contributed by atoms with van der Waals surface area (Å²) in [5.41, 5.74) is 1.03. The summed E-state index contributed by atoms with van der Waals surface area (Å²) in [5, 5.41) is 11.3. The van der Waals surface area contributed by atoms with Gasteiger partial charge in [-0.2, -0.15) is 0 Å². The van der Waals surface area contributed by atoms with Gasteiger partial charge in [-0.1, -0.05) is 13.0 Å². The third-order valence-electron chi connectivity index (χ3n) is 3.01. The Bertz CT molecular complexity index is 569. The first-order chi connectivity index (χ1) is 10.3. The lowest BCUT2D eigenvalue weighted by Crippen LogP contribution is -2.13. The molecule has 114 valence electrons. The van der Waals surface area contributed by atoms with E-state index in [1.807, 2.05) is 18.2 Å². The number of aromatic nitrogens is 2. The number of nitrogens with one attached hydrogen (secondary N) is 1. The zero-order chi connectivity index (χ0) is 15.1. The summed E-state index contributed by atoms with van der Waals surface area (Å²) in [4.78, 5) is 0. The first-order valence-electron chi connectivity index (χ1n) is 6.99. The molecule has 0 fully saturated rings. The van der Waals surface area contributed by atoms with Crippen molar-refractivity contribution in [3.05, 3.63) is 35.5 Å². The van der Waals surface area contributed by atoms with Crippen molar-refractivity contribution < 1.29 is 13.9 Å². The highest BCUT2D eigenvalue weighted by atomic mass is 16.5. The van der Waals surface area contributed by atoms with Crippen LogP contribution in [0.3, 0.4) is 0 Å². The van der Waals surface area contributed by atoms with Gasteiger partial charge in [0.1, 0.15) is 0 Å². The fraction of sp³-hybridized carbons (Fsp3) is 0.467. The lowest BCUT2D eigenvalue weighted by molar-refractivity contribution is 0.354. The molecule has 0 aliphatic heterocycles. The maximum Gasteiger partial charge on any atom is 0.230 e. The van der Waals surface area contributed by atoms with Gasteiger partial charge in [-0.25, -0.2) is 0 Å². The molecule has 0 amide bonds. The van der Waals surface area contributed by atoms with Crippen LogP contribution in [0, 0.1) is 0 Å². The molecular weight excluding hydrogens is 270 g/mol. The van der Waals surface area contributed by atoms with Crippen molar-refractivity contribution in [2.45, 2.75) is 26.3 Å². The van der Waals surface area contributed by atoms with Gasteiger partial charge in [-0.3, -0.25) is 0 Å². The van der Waals surface area contributed by atoms with E-state index in [9.17, 15) is 0 Å². The molecule has 0 unspecified atom stereocenters. The summed E-state index contributed by atoms with van der Waals surface area (Å²) in [6, 6.07) is 5.74. The van der Waals surface area contributed by atoms with Gasteiger partial charge in [0, 0.05) is 0 Å².